The van der Waals surface area contributed by atoms with Gasteiger partial charge in [0.1, 0.15) is 0 Å². The molecule has 92 valence electrons. The van der Waals surface area contributed by atoms with Gasteiger partial charge in [-0.3, -0.25) is 20.2 Å². The Bertz CT molecular complexity index is 472. The minimum absolute atomic E-state index is 0.186. The molecule has 7 nitrogen and oxygen atoms in total. The minimum atomic E-state index is -0.825. The highest BCUT2D eigenvalue weighted by molar-refractivity contribution is 5.58. The number of nitro benzene ring substituents is 2. The van der Waals surface area contributed by atoms with Crippen molar-refractivity contribution in [3.63, 3.8) is 0 Å². The first-order chi connectivity index (χ1) is 7.88. The molecule has 0 saturated carbocycles. The number of nitro groups is 2. The standard InChI is InChI=1S/C10H12N2O5/c1-3-6(2)8-4-7(11(14)15)5-9(10(8)13)12(16)17/h4-6,13H,3H2,1-2H3/t6-/m1/s1. The van der Waals surface area contributed by atoms with Gasteiger partial charge in [0.05, 0.1) is 15.9 Å². The average molecular weight is 240 g/mol. The first-order valence-electron chi connectivity index (χ1n) is 5.04. The summed E-state index contributed by atoms with van der Waals surface area (Å²) in [4.78, 5) is 19.8. The Morgan fingerprint density at radius 2 is 1.88 bits per heavy atom. The molecule has 0 aliphatic carbocycles. The molecule has 7 heteroatoms. The van der Waals surface area contributed by atoms with Gasteiger partial charge in [-0.05, 0) is 12.3 Å². The summed E-state index contributed by atoms with van der Waals surface area (Å²) in [5, 5.41) is 31.0. The second-order valence-electron chi connectivity index (χ2n) is 3.73. The summed E-state index contributed by atoms with van der Waals surface area (Å²) in [6.07, 6.45) is 0.617. The molecular weight excluding hydrogens is 228 g/mol. The van der Waals surface area contributed by atoms with E-state index in [-0.39, 0.29) is 17.2 Å². The third kappa shape index (κ3) is 2.49. The maximum atomic E-state index is 10.7. The number of phenolic OH excluding ortho intramolecular Hbond substituents is 1. The number of aromatic hydroxyl groups is 1. The zero-order valence-electron chi connectivity index (χ0n) is 9.41. The van der Waals surface area contributed by atoms with Crippen molar-refractivity contribution in [3.05, 3.63) is 37.9 Å². The van der Waals surface area contributed by atoms with Crippen molar-refractivity contribution < 1.29 is 15.0 Å². The largest absolute Gasteiger partial charge is 0.502 e. The Kier molecular flexibility index (Phi) is 3.62. The lowest BCUT2D eigenvalue weighted by molar-refractivity contribution is -0.394. The Labute approximate surface area is 97.0 Å². The molecule has 1 rings (SSSR count). The molecule has 1 aromatic carbocycles. The van der Waals surface area contributed by atoms with Gasteiger partial charge in [0.15, 0.2) is 5.75 Å². The molecule has 0 spiro atoms. The summed E-state index contributed by atoms with van der Waals surface area (Å²) < 4.78 is 0. The highest BCUT2D eigenvalue weighted by Crippen LogP contribution is 2.38. The summed E-state index contributed by atoms with van der Waals surface area (Å²) in [7, 11) is 0. The summed E-state index contributed by atoms with van der Waals surface area (Å²) in [5.41, 5.74) is -0.785. The SMILES string of the molecule is CC[C@@H](C)c1cc([N+](=O)[O-])cc([N+](=O)[O-])c1O. The smallest absolute Gasteiger partial charge is 0.317 e. The topological polar surface area (TPSA) is 107 Å². The first kappa shape index (κ1) is 12.9. The van der Waals surface area contributed by atoms with Crippen molar-refractivity contribution in [1.82, 2.24) is 0 Å². The van der Waals surface area contributed by atoms with Crippen LogP contribution in [0.5, 0.6) is 5.75 Å². The van der Waals surface area contributed by atoms with Crippen LogP contribution in [-0.2, 0) is 0 Å². The Balaban J connectivity index is 3.48. The van der Waals surface area contributed by atoms with E-state index in [4.69, 9.17) is 0 Å². The monoisotopic (exact) mass is 240 g/mol. The van der Waals surface area contributed by atoms with Crippen molar-refractivity contribution in [2.75, 3.05) is 0 Å². The molecule has 0 aliphatic rings. The fourth-order valence-electron chi connectivity index (χ4n) is 1.47. The molecule has 0 radical (unpaired) electrons. The number of benzene rings is 1. The lowest BCUT2D eigenvalue weighted by atomic mass is 9.96. The first-order valence-corrected chi connectivity index (χ1v) is 5.04. The van der Waals surface area contributed by atoms with Gasteiger partial charge >= 0.3 is 5.69 Å². The van der Waals surface area contributed by atoms with E-state index >= 15 is 0 Å². The molecule has 0 amide bonds. The molecule has 1 N–H and O–H groups in total. The van der Waals surface area contributed by atoms with Crippen LogP contribution < -0.4 is 0 Å². The fraction of sp³-hybridized carbons (Fsp3) is 0.400. The van der Waals surface area contributed by atoms with Crippen molar-refractivity contribution in [1.29, 1.82) is 0 Å². The van der Waals surface area contributed by atoms with Crippen LogP contribution >= 0.6 is 0 Å². The Morgan fingerprint density at radius 3 is 2.29 bits per heavy atom. The molecule has 0 saturated heterocycles. The van der Waals surface area contributed by atoms with Crippen molar-refractivity contribution in [2.45, 2.75) is 26.2 Å². The molecule has 17 heavy (non-hydrogen) atoms. The lowest BCUT2D eigenvalue weighted by Gasteiger charge is -2.10. The van der Waals surface area contributed by atoms with Crippen LogP contribution in [-0.4, -0.2) is 15.0 Å². The number of hydrogen-bond acceptors (Lipinski definition) is 5. The van der Waals surface area contributed by atoms with Crippen LogP contribution in [0.25, 0.3) is 0 Å². The highest BCUT2D eigenvalue weighted by atomic mass is 16.6. The number of rotatable bonds is 4. The maximum Gasteiger partial charge on any atom is 0.317 e. The van der Waals surface area contributed by atoms with Crippen LogP contribution in [0.15, 0.2) is 12.1 Å². The van der Waals surface area contributed by atoms with Gasteiger partial charge in [-0.1, -0.05) is 13.8 Å². The van der Waals surface area contributed by atoms with Crippen molar-refractivity contribution >= 4 is 11.4 Å². The molecule has 0 aromatic heterocycles. The van der Waals surface area contributed by atoms with Gasteiger partial charge in [-0.15, -0.1) is 0 Å². The summed E-state index contributed by atoms with van der Waals surface area (Å²) in [6.45, 7) is 3.57. The van der Waals surface area contributed by atoms with Crippen molar-refractivity contribution in [3.8, 4) is 5.75 Å². The Hall–Kier alpha value is -2.18. The third-order valence-electron chi connectivity index (χ3n) is 2.65. The van der Waals surface area contributed by atoms with Gasteiger partial charge in [0.2, 0.25) is 0 Å². The summed E-state index contributed by atoms with van der Waals surface area (Å²) >= 11 is 0. The second kappa shape index (κ2) is 4.77. The van der Waals surface area contributed by atoms with E-state index < -0.39 is 21.3 Å². The van der Waals surface area contributed by atoms with Crippen LogP contribution in [0.3, 0.4) is 0 Å². The normalized spacial score (nSPS) is 12.1. The van der Waals surface area contributed by atoms with Gasteiger partial charge in [-0.2, -0.15) is 0 Å². The lowest BCUT2D eigenvalue weighted by Crippen LogP contribution is -1.99. The van der Waals surface area contributed by atoms with Gasteiger partial charge in [0, 0.05) is 11.6 Å². The van der Waals surface area contributed by atoms with Gasteiger partial charge in [-0.25, -0.2) is 0 Å². The number of hydrogen-bond donors (Lipinski definition) is 1. The minimum Gasteiger partial charge on any atom is -0.502 e. The van der Waals surface area contributed by atoms with E-state index in [1.807, 2.05) is 6.92 Å². The zero-order chi connectivity index (χ0) is 13.2. The molecule has 0 bridgehead atoms. The third-order valence-corrected chi connectivity index (χ3v) is 2.65. The quantitative estimate of drug-likeness (QED) is 0.643. The predicted octanol–water partition coefficient (Wildman–Crippen LogP) is 2.72. The highest BCUT2D eigenvalue weighted by Gasteiger charge is 2.25. The number of non-ortho nitro benzene ring substituents is 1. The molecule has 0 heterocycles. The molecule has 0 unspecified atom stereocenters. The van der Waals surface area contributed by atoms with Gasteiger partial charge in [0.25, 0.3) is 5.69 Å². The predicted molar refractivity (Wildman–Crippen MR) is 60.1 cm³/mol. The van der Waals surface area contributed by atoms with E-state index in [0.717, 1.165) is 6.07 Å². The van der Waals surface area contributed by atoms with E-state index in [0.29, 0.717) is 6.42 Å². The van der Waals surface area contributed by atoms with E-state index in [1.54, 1.807) is 6.92 Å². The van der Waals surface area contributed by atoms with Crippen LogP contribution in [0.2, 0.25) is 0 Å². The maximum absolute atomic E-state index is 10.7. The van der Waals surface area contributed by atoms with Crippen LogP contribution in [0.1, 0.15) is 31.7 Å². The second-order valence-corrected chi connectivity index (χ2v) is 3.73. The molecule has 0 aliphatic heterocycles. The molecule has 1 atom stereocenters. The average Bonchev–Trinajstić information content (AvgIpc) is 2.27. The summed E-state index contributed by atoms with van der Waals surface area (Å²) in [6, 6.07) is 1.94. The molecular formula is C10H12N2O5. The number of phenols is 1. The van der Waals surface area contributed by atoms with Gasteiger partial charge < -0.3 is 5.11 Å². The van der Waals surface area contributed by atoms with Crippen LogP contribution in [0, 0.1) is 20.2 Å². The summed E-state index contributed by atoms with van der Waals surface area (Å²) in [5.74, 6) is -0.677. The van der Waals surface area contributed by atoms with E-state index in [9.17, 15) is 25.3 Å². The van der Waals surface area contributed by atoms with E-state index in [1.165, 1.54) is 6.07 Å². The molecule has 1 aromatic rings. The molecule has 0 fully saturated rings. The number of nitrogens with zero attached hydrogens (tertiary/aromatic N) is 2. The van der Waals surface area contributed by atoms with Crippen LogP contribution in [0.4, 0.5) is 11.4 Å². The van der Waals surface area contributed by atoms with E-state index in [2.05, 4.69) is 0 Å². The van der Waals surface area contributed by atoms with Crippen molar-refractivity contribution in [2.24, 2.45) is 0 Å². The zero-order valence-corrected chi connectivity index (χ0v) is 9.41. The fourth-order valence-corrected chi connectivity index (χ4v) is 1.47. The Morgan fingerprint density at radius 1 is 1.29 bits per heavy atom.